The summed E-state index contributed by atoms with van der Waals surface area (Å²) in [6.07, 6.45) is 0. The standard InChI is InChI=1S/C27H21N.C25H15Br/c1-28(2)25-17-9-13-21-20-12-5-8-16-24(20)27(26(21)25)22-14-6-3-10-18(22)19-11-4-7-15-23(19)27;26-23-15-7-11-19-18-10-3-6-14-22(18)25(24(19)23)20-12-4-1-8-16(20)17-9-2-5-13-21(17)25/h3-17H,1-2H3;1-15H. The lowest BCUT2D eigenvalue weighted by Gasteiger charge is -2.33. The van der Waals surface area contributed by atoms with Crippen molar-refractivity contribution in [2.45, 2.75) is 10.8 Å². The number of halogens is 1. The Balaban J connectivity index is 0.000000127. The van der Waals surface area contributed by atoms with Gasteiger partial charge in [-0.3, -0.25) is 0 Å². The molecule has 256 valence electrons. The van der Waals surface area contributed by atoms with Gasteiger partial charge in [0, 0.05) is 29.8 Å². The molecule has 2 heteroatoms. The molecule has 0 saturated carbocycles. The smallest absolute Gasteiger partial charge is 0.0745 e. The van der Waals surface area contributed by atoms with Crippen molar-refractivity contribution >= 4 is 21.6 Å². The molecule has 0 amide bonds. The Kier molecular flexibility index (Phi) is 6.73. The first-order valence-electron chi connectivity index (χ1n) is 18.8. The number of rotatable bonds is 1. The lowest BCUT2D eigenvalue weighted by Crippen LogP contribution is -2.28. The molecule has 0 fully saturated rings. The molecule has 0 saturated heterocycles. The minimum Gasteiger partial charge on any atom is -0.377 e. The molecule has 4 aliphatic rings. The lowest BCUT2D eigenvalue weighted by atomic mass is 9.70. The summed E-state index contributed by atoms with van der Waals surface area (Å²) in [5, 5.41) is 0. The Bertz CT molecular complexity index is 2720. The zero-order chi connectivity index (χ0) is 36.2. The molecule has 0 aliphatic heterocycles. The van der Waals surface area contributed by atoms with Crippen LogP contribution in [0.5, 0.6) is 0 Å². The SMILES string of the molecule is Brc1cccc2c1C1(c3ccccc3-c3ccccc31)c1ccccc1-2.CN(C)c1cccc2c1C1(c3ccccc3-c3ccccc31)c1ccccc1-2. The molecular weight excluding hydrogens is 718 g/mol. The number of fused-ring (bicyclic) bond motifs is 20. The van der Waals surface area contributed by atoms with E-state index < -0.39 is 0 Å². The van der Waals surface area contributed by atoms with E-state index in [0.717, 1.165) is 0 Å². The maximum Gasteiger partial charge on any atom is 0.0745 e. The average molecular weight is 755 g/mol. The third-order valence-corrected chi connectivity index (χ3v) is 13.1. The van der Waals surface area contributed by atoms with Crippen molar-refractivity contribution in [3.8, 4) is 44.5 Å². The highest BCUT2D eigenvalue weighted by atomic mass is 79.9. The van der Waals surface area contributed by atoms with Crippen LogP contribution in [-0.2, 0) is 10.8 Å². The molecule has 8 aromatic carbocycles. The Morgan fingerprint density at radius 3 is 0.963 bits per heavy atom. The Hall–Kier alpha value is -5.96. The largest absolute Gasteiger partial charge is 0.377 e. The van der Waals surface area contributed by atoms with Crippen LogP contribution in [0, 0.1) is 0 Å². The van der Waals surface area contributed by atoms with E-state index >= 15 is 0 Å². The Morgan fingerprint density at radius 1 is 0.315 bits per heavy atom. The zero-order valence-corrected chi connectivity index (χ0v) is 31.7. The van der Waals surface area contributed by atoms with E-state index in [1.54, 1.807) is 0 Å². The van der Waals surface area contributed by atoms with Gasteiger partial charge in [0.2, 0.25) is 0 Å². The van der Waals surface area contributed by atoms with Crippen LogP contribution >= 0.6 is 15.9 Å². The molecule has 0 atom stereocenters. The van der Waals surface area contributed by atoms with E-state index in [2.05, 4.69) is 217 Å². The van der Waals surface area contributed by atoms with E-state index in [1.807, 2.05) is 0 Å². The first-order valence-corrected chi connectivity index (χ1v) is 19.6. The number of benzene rings is 8. The van der Waals surface area contributed by atoms with E-state index in [1.165, 1.54) is 99.2 Å². The van der Waals surface area contributed by atoms with Crippen LogP contribution in [0.15, 0.2) is 186 Å². The second-order valence-electron chi connectivity index (χ2n) is 15.0. The highest BCUT2D eigenvalue weighted by molar-refractivity contribution is 9.10. The van der Waals surface area contributed by atoms with Gasteiger partial charge in [-0.05, 0) is 95.6 Å². The number of hydrogen-bond acceptors (Lipinski definition) is 1. The molecule has 8 aromatic rings. The van der Waals surface area contributed by atoms with Gasteiger partial charge in [-0.2, -0.15) is 0 Å². The molecule has 2 spiro atoms. The second kappa shape index (κ2) is 11.5. The molecule has 0 heterocycles. The summed E-state index contributed by atoms with van der Waals surface area (Å²) in [4.78, 5) is 2.26. The number of anilines is 1. The van der Waals surface area contributed by atoms with Gasteiger partial charge in [-0.25, -0.2) is 0 Å². The molecule has 0 aromatic heterocycles. The van der Waals surface area contributed by atoms with Crippen molar-refractivity contribution in [2.75, 3.05) is 19.0 Å². The van der Waals surface area contributed by atoms with E-state index in [0.29, 0.717) is 0 Å². The highest BCUT2D eigenvalue weighted by Crippen LogP contribution is 2.65. The average Bonchev–Trinajstić information content (AvgIpc) is 3.91. The molecule has 0 bridgehead atoms. The van der Waals surface area contributed by atoms with Crippen molar-refractivity contribution in [1.82, 2.24) is 0 Å². The van der Waals surface area contributed by atoms with Crippen LogP contribution < -0.4 is 4.90 Å². The quantitative estimate of drug-likeness (QED) is 0.161. The fourth-order valence-corrected chi connectivity index (χ4v) is 11.3. The number of hydrogen-bond donors (Lipinski definition) is 0. The van der Waals surface area contributed by atoms with Crippen LogP contribution in [0.1, 0.15) is 44.5 Å². The number of nitrogens with zero attached hydrogens (tertiary/aromatic N) is 1. The van der Waals surface area contributed by atoms with Crippen molar-refractivity contribution in [3.05, 3.63) is 231 Å². The predicted molar refractivity (Wildman–Crippen MR) is 228 cm³/mol. The van der Waals surface area contributed by atoms with Gasteiger partial charge in [0.25, 0.3) is 0 Å². The summed E-state index contributed by atoms with van der Waals surface area (Å²) >= 11 is 3.89. The minimum atomic E-state index is -0.250. The van der Waals surface area contributed by atoms with Gasteiger partial charge in [0.1, 0.15) is 0 Å². The summed E-state index contributed by atoms with van der Waals surface area (Å²) in [6, 6.07) is 66.9. The normalized spacial score (nSPS) is 14.5. The van der Waals surface area contributed by atoms with E-state index in [4.69, 9.17) is 0 Å². The van der Waals surface area contributed by atoms with E-state index in [-0.39, 0.29) is 10.8 Å². The van der Waals surface area contributed by atoms with E-state index in [9.17, 15) is 0 Å². The fourth-order valence-electron chi connectivity index (χ4n) is 10.6. The molecule has 0 unspecified atom stereocenters. The first-order chi connectivity index (χ1) is 26.6. The zero-order valence-electron chi connectivity index (χ0n) is 30.1. The summed E-state index contributed by atoms with van der Waals surface area (Å²) in [7, 11) is 4.30. The van der Waals surface area contributed by atoms with Gasteiger partial charge in [-0.15, -0.1) is 0 Å². The van der Waals surface area contributed by atoms with Crippen molar-refractivity contribution in [2.24, 2.45) is 0 Å². The third-order valence-electron chi connectivity index (χ3n) is 12.4. The molecule has 12 rings (SSSR count). The molecule has 4 aliphatic carbocycles. The summed E-state index contributed by atoms with van der Waals surface area (Å²) in [5.74, 6) is 0. The van der Waals surface area contributed by atoms with Crippen molar-refractivity contribution < 1.29 is 0 Å². The maximum absolute atomic E-state index is 3.89. The molecular formula is C52H36BrN. The summed E-state index contributed by atoms with van der Waals surface area (Å²) in [5.41, 5.74) is 22.8. The van der Waals surface area contributed by atoms with Crippen molar-refractivity contribution in [1.29, 1.82) is 0 Å². The third kappa shape index (κ3) is 3.84. The van der Waals surface area contributed by atoms with Crippen LogP contribution in [0.2, 0.25) is 0 Å². The van der Waals surface area contributed by atoms with Crippen molar-refractivity contribution in [3.63, 3.8) is 0 Å². The maximum atomic E-state index is 3.89. The molecule has 1 nitrogen and oxygen atoms in total. The van der Waals surface area contributed by atoms with Gasteiger partial charge >= 0.3 is 0 Å². The molecule has 0 radical (unpaired) electrons. The summed E-state index contributed by atoms with van der Waals surface area (Å²) < 4.78 is 1.18. The van der Waals surface area contributed by atoms with Crippen LogP contribution in [-0.4, -0.2) is 14.1 Å². The minimum absolute atomic E-state index is 0.237. The van der Waals surface area contributed by atoms with Crippen LogP contribution in [0.25, 0.3) is 44.5 Å². The van der Waals surface area contributed by atoms with Gasteiger partial charge < -0.3 is 4.90 Å². The van der Waals surface area contributed by atoms with Gasteiger partial charge in [-0.1, -0.05) is 186 Å². The molecule has 54 heavy (non-hydrogen) atoms. The van der Waals surface area contributed by atoms with Crippen LogP contribution in [0.3, 0.4) is 0 Å². The second-order valence-corrected chi connectivity index (χ2v) is 15.9. The predicted octanol–water partition coefficient (Wildman–Crippen LogP) is 12.9. The topological polar surface area (TPSA) is 3.24 Å². The van der Waals surface area contributed by atoms with Crippen LogP contribution in [0.4, 0.5) is 5.69 Å². The Morgan fingerprint density at radius 2 is 0.593 bits per heavy atom. The monoisotopic (exact) mass is 753 g/mol. The first kappa shape index (κ1) is 31.6. The summed E-state index contributed by atoms with van der Waals surface area (Å²) in [6.45, 7) is 0. The Labute approximate surface area is 325 Å². The molecule has 0 N–H and O–H groups in total. The lowest BCUT2D eigenvalue weighted by molar-refractivity contribution is 0.789. The fraction of sp³-hybridized carbons (Fsp3) is 0.0769. The van der Waals surface area contributed by atoms with Gasteiger partial charge in [0.15, 0.2) is 0 Å². The highest BCUT2D eigenvalue weighted by Gasteiger charge is 2.54. The van der Waals surface area contributed by atoms with Gasteiger partial charge in [0.05, 0.1) is 10.8 Å².